The first-order valence-corrected chi connectivity index (χ1v) is 6.41. The van der Waals surface area contributed by atoms with Crippen LogP contribution in [0.3, 0.4) is 0 Å². The van der Waals surface area contributed by atoms with E-state index in [-0.39, 0.29) is 11.9 Å². The number of nitro groups is 1. The zero-order valence-electron chi connectivity index (χ0n) is 11.3. The molecule has 0 bridgehead atoms. The Bertz CT molecular complexity index is 779. The predicted octanol–water partition coefficient (Wildman–Crippen LogP) is 2.08. The maximum atomic E-state index is 10.6. The van der Waals surface area contributed by atoms with Gasteiger partial charge in [-0.15, -0.1) is 10.2 Å². The van der Waals surface area contributed by atoms with Crippen LogP contribution in [0.1, 0.15) is 24.6 Å². The van der Waals surface area contributed by atoms with Crippen LogP contribution in [-0.4, -0.2) is 19.5 Å². The van der Waals surface area contributed by atoms with Gasteiger partial charge in [0, 0.05) is 6.20 Å². The molecule has 1 atom stereocenters. The second-order valence-electron chi connectivity index (χ2n) is 4.59. The highest BCUT2D eigenvalue weighted by Crippen LogP contribution is 2.17. The average Bonchev–Trinajstić information content (AvgIpc) is 3.11. The minimum absolute atomic E-state index is 0.0773. The lowest BCUT2D eigenvalue weighted by atomic mass is 10.3. The second kappa shape index (κ2) is 5.33. The zero-order chi connectivity index (χ0) is 14.8. The summed E-state index contributed by atoms with van der Waals surface area (Å²) in [5, 5.41) is 22.0. The Hall–Kier alpha value is -2.74. The van der Waals surface area contributed by atoms with E-state index >= 15 is 0 Å². The summed E-state index contributed by atoms with van der Waals surface area (Å²) < 4.78 is 6.99. The van der Waals surface area contributed by atoms with E-state index in [9.17, 15) is 10.1 Å². The molecule has 21 heavy (non-hydrogen) atoms. The molecule has 0 aliphatic heterocycles. The van der Waals surface area contributed by atoms with Crippen molar-refractivity contribution >= 4 is 11.5 Å². The highest BCUT2D eigenvalue weighted by Gasteiger charge is 2.15. The van der Waals surface area contributed by atoms with Gasteiger partial charge < -0.3 is 9.73 Å². The van der Waals surface area contributed by atoms with Crippen LogP contribution in [0.15, 0.2) is 40.9 Å². The standard InChI is InChI=1S/C13H13N5O3/c1-9(13-16-15-11-4-2-3-7-17(11)13)14-8-10-5-6-12(21-10)18(19)20/h2-7,9,14H,8H2,1H3. The van der Waals surface area contributed by atoms with Crippen molar-refractivity contribution in [2.24, 2.45) is 0 Å². The summed E-state index contributed by atoms with van der Waals surface area (Å²) in [6.07, 6.45) is 1.89. The van der Waals surface area contributed by atoms with Gasteiger partial charge >= 0.3 is 5.88 Å². The Labute approximate surface area is 119 Å². The van der Waals surface area contributed by atoms with Crippen LogP contribution in [0.25, 0.3) is 5.65 Å². The number of aromatic nitrogens is 3. The molecule has 0 aromatic carbocycles. The molecule has 108 valence electrons. The predicted molar refractivity (Wildman–Crippen MR) is 73.6 cm³/mol. The fraction of sp³-hybridized carbons (Fsp3) is 0.231. The Morgan fingerprint density at radius 3 is 3.00 bits per heavy atom. The number of rotatable bonds is 5. The van der Waals surface area contributed by atoms with Gasteiger partial charge in [0.15, 0.2) is 11.5 Å². The molecule has 0 saturated heterocycles. The van der Waals surface area contributed by atoms with Gasteiger partial charge in [-0.25, -0.2) is 0 Å². The Morgan fingerprint density at radius 2 is 2.24 bits per heavy atom. The molecule has 3 aromatic heterocycles. The molecule has 0 aliphatic rings. The van der Waals surface area contributed by atoms with E-state index in [0.717, 1.165) is 11.5 Å². The Morgan fingerprint density at radius 1 is 1.38 bits per heavy atom. The molecule has 0 aliphatic carbocycles. The molecule has 0 fully saturated rings. The van der Waals surface area contributed by atoms with Crippen molar-refractivity contribution in [3.63, 3.8) is 0 Å². The number of hydrogen-bond acceptors (Lipinski definition) is 6. The van der Waals surface area contributed by atoms with Gasteiger partial charge in [-0.2, -0.15) is 0 Å². The summed E-state index contributed by atoms with van der Waals surface area (Å²) in [4.78, 5) is 10.00. The molecule has 1 N–H and O–H groups in total. The van der Waals surface area contributed by atoms with Crippen LogP contribution in [-0.2, 0) is 6.54 Å². The van der Waals surface area contributed by atoms with Gasteiger partial charge in [0.05, 0.1) is 18.7 Å². The van der Waals surface area contributed by atoms with Crippen LogP contribution >= 0.6 is 0 Å². The molecular formula is C13H13N5O3. The smallest absolute Gasteiger partial charge is 0.404 e. The summed E-state index contributed by atoms with van der Waals surface area (Å²) in [6, 6.07) is 8.52. The molecule has 3 rings (SSSR count). The third-order valence-corrected chi connectivity index (χ3v) is 3.14. The van der Waals surface area contributed by atoms with Crippen LogP contribution in [0.5, 0.6) is 0 Å². The van der Waals surface area contributed by atoms with Crippen LogP contribution in [0, 0.1) is 10.1 Å². The van der Waals surface area contributed by atoms with E-state index in [4.69, 9.17) is 4.42 Å². The van der Waals surface area contributed by atoms with E-state index in [1.165, 1.54) is 6.07 Å². The third kappa shape index (κ3) is 2.61. The Balaban J connectivity index is 1.71. The summed E-state index contributed by atoms with van der Waals surface area (Å²) in [5.74, 6) is 1.02. The summed E-state index contributed by atoms with van der Waals surface area (Å²) >= 11 is 0. The van der Waals surface area contributed by atoms with Gasteiger partial charge in [0.1, 0.15) is 10.7 Å². The molecule has 0 radical (unpaired) electrons. The van der Waals surface area contributed by atoms with Crippen molar-refractivity contribution in [1.29, 1.82) is 0 Å². The van der Waals surface area contributed by atoms with Crippen LogP contribution in [0.4, 0.5) is 5.88 Å². The number of hydrogen-bond donors (Lipinski definition) is 1. The topological polar surface area (TPSA) is 98.5 Å². The fourth-order valence-electron chi connectivity index (χ4n) is 2.06. The Kier molecular flexibility index (Phi) is 3.36. The van der Waals surface area contributed by atoms with E-state index in [0.29, 0.717) is 12.3 Å². The largest absolute Gasteiger partial charge is 0.433 e. The second-order valence-corrected chi connectivity index (χ2v) is 4.59. The maximum absolute atomic E-state index is 10.6. The lowest BCUT2D eigenvalue weighted by Crippen LogP contribution is -2.20. The van der Waals surface area contributed by atoms with Crippen molar-refractivity contribution in [2.75, 3.05) is 0 Å². The highest BCUT2D eigenvalue weighted by molar-refractivity contribution is 5.37. The van der Waals surface area contributed by atoms with Gasteiger partial charge in [-0.3, -0.25) is 14.5 Å². The molecule has 0 amide bonds. The van der Waals surface area contributed by atoms with E-state index < -0.39 is 4.92 Å². The van der Waals surface area contributed by atoms with Crippen molar-refractivity contribution in [2.45, 2.75) is 19.5 Å². The van der Waals surface area contributed by atoms with Gasteiger partial charge in [0.25, 0.3) is 0 Å². The molecule has 1 unspecified atom stereocenters. The molecule has 3 heterocycles. The first kappa shape index (κ1) is 13.3. The maximum Gasteiger partial charge on any atom is 0.433 e. The fourth-order valence-corrected chi connectivity index (χ4v) is 2.06. The van der Waals surface area contributed by atoms with Gasteiger partial charge in [-0.05, 0) is 25.1 Å². The number of nitrogens with zero attached hydrogens (tertiary/aromatic N) is 4. The van der Waals surface area contributed by atoms with Crippen LogP contribution in [0.2, 0.25) is 0 Å². The number of fused-ring (bicyclic) bond motifs is 1. The molecular weight excluding hydrogens is 274 g/mol. The molecule has 0 spiro atoms. The van der Waals surface area contributed by atoms with Crippen molar-refractivity contribution in [1.82, 2.24) is 19.9 Å². The molecule has 3 aromatic rings. The third-order valence-electron chi connectivity index (χ3n) is 3.14. The van der Waals surface area contributed by atoms with Crippen molar-refractivity contribution < 1.29 is 9.34 Å². The quantitative estimate of drug-likeness (QED) is 0.570. The molecule has 8 nitrogen and oxygen atoms in total. The number of nitrogens with one attached hydrogen (secondary N) is 1. The zero-order valence-corrected chi connectivity index (χ0v) is 11.3. The van der Waals surface area contributed by atoms with E-state index in [1.54, 1.807) is 6.07 Å². The SMILES string of the molecule is CC(NCc1ccc([N+](=O)[O-])o1)c1nnc2ccccn12. The first-order valence-electron chi connectivity index (χ1n) is 6.41. The first-order chi connectivity index (χ1) is 10.1. The van der Waals surface area contributed by atoms with Crippen molar-refractivity contribution in [3.05, 3.63) is 58.2 Å². The lowest BCUT2D eigenvalue weighted by molar-refractivity contribution is -0.402. The normalized spacial score (nSPS) is 12.6. The highest BCUT2D eigenvalue weighted by atomic mass is 16.6. The molecule has 8 heteroatoms. The number of furan rings is 1. The number of pyridine rings is 1. The minimum Gasteiger partial charge on any atom is -0.404 e. The van der Waals surface area contributed by atoms with Gasteiger partial charge in [0.2, 0.25) is 0 Å². The summed E-state index contributed by atoms with van der Waals surface area (Å²) in [6.45, 7) is 2.32. The van der Waals surface area contributed by atoms with Crippen LogP contribution < -0.4 is 5.32 Å². The summed E-state index contributed by atoms with van der Waals surface area (Å²) in [7, 11) is 0. The summed E-state index contributed by atoms with van der Waals surface area (Å²) in [5.41, 5.74) is 0.773. The van der Waals surface area contributed by atoms with E-state index in [1.807, 2.05) is 35.7 Å². The van der Waals surface area contributed by atoms with E-state index in [2.05, 4.69) is 15.5 Å². The average molecular weight is 287 g/mol. The monoisotopic (exact) mass is 287 g/mol. The lowest BCUT2D eigenvalue weighted by Gasteiger charge is -2.10. The molecule has 0 saturated carbocycles. The van der Waals surface area contributed by atoms with Gasteiger partial charge in [-0.1, -0.05) is 6.07 Å². The minimum atomic E-state index is -0.557. The van der Waals surface area contributed by atoms with Crippen molar-refractivity contribution in [3.8, 4) is 0 Å².